The molecule has 0 unspecified atom stereocenters. The summed E-state index contributed by atoms with van der Waals surface area (Å²) in [7, 11) is 3.07. The molecule has 0 aromatic heterocycles. The van der Waals surface area contributed by atoms with Gasteiger partial charge in [-0.25, -0.2) is 0 Å². The molecule has 2 aliphatic heterocycles. The molecule has 0 bridgehead atoms. The number of amides is 1. The van der Waals surface area contributed by atoms with E-state index in [-0.39, 0.29) is 24.7 Å². The Morgan fingerprint density at radius 1 is 1.10 bits per heavy atom. The van der Waals surface area contributed by atoms with Crippen LogP contribution in [0.1, 0.15) is 29.6 Å². The largest absolute Gasteiger partial charge is 0.496 e. The van der Waals surface area contributed by atoms with Crippen LogP contribution in [-0.4, -0.2) is 56.1 Å². The maximum absolute atomic E-state index is 12.9. The summed E-state index contributed by atoms with van der Waals surface area (Å²) in [5.74, 6) is 1.95. The molecule has 4 rings (SSSR count). The standard InChI is InChI=1S/C23H24ClNO6/c1-28-17-11-19(29-2)22-18(26)13-23(31-20(22)12-17)7-9-25(10-8-23)21(27)14-30-16-5-3-15(24)4-6-16/h3-6,11-12H,7-10,13-14H2,1-2H3. The Balaban J connectivity index is 1.40. The number of ketones is 1. The molecule has 0 saturated carbocycles. The van der Waals surface area contributed by atoms with Crippen molar-refractivity contribution in [3.8, 4) is 23.0 Å². The Hall–Kier alpha value is -2.93. The lowest BCUT2D eigenvalue weighted by molar-refractivity contribution is -0.136. The zero-order valence-corrected chi connectivity index (χ0v) is 18.2. The van der Waals surface area contributed by atoms with Crippen molar-refractivity contribution in [2.24, 2.45) is 0 Å². The number of nitrogens with zero attached hydrogens (tertiary/aromatic N) is 1. The van der Waals surface area contributed by atoms with Crippen molar-refractivity contribution in [2.75, 3.05) is 33.9 Å². The number of piperidine rings is 1. The number of rotatable bonds is 5. The van der Waals surface area contributed by atoms with E-state index < -0.39 is 5.60 Å². The van der Waals surface area contributed by atoms with Gasteiger partial charge in [0.1, 0.15) is 34.2 Å². The van der Waals surface area contributed by atoms with Gasteiger partial charge in [0.2, 0.25) is 0 Å². The van der Waals surface area contributed by atoms with Gasteiger partial charge in [-0.2, -0.15) is 0 Å². The lowest BCUT2D eigenvalue weighted by Gasteiger charge is -2.44. The maximum atomic E-state index is 12.9. The lowest BCUT2D eigenvalue weighted by atomic mass is 9.82. The average Bonchev–Trinajstić information content (AvgIpc) is 2.78. The summed E-state index contributed by atoms with van der Waals surface area (Å²) in [5, 5.41) is 0.610. The third-order valence-corrected chi connectivity index (χ3v) is 6.04. The van der Waals surface area contributed by atoms with Crippen molar-refractivity contribution in [1.82, 2.24) is 4.90 Å². The van der Waals surface area contributed by atoms with Crippen molar-refractivity contribution in [1.29, 1.82) is 0 Å². The molecule has 1 spiro atoms. The molecular weight excluding hydrogens is 422 g/mol. The Kier molecular flexibility index (Phi) is 5.96. The van der Waals surface area contributed by atoms with Crippen LogP contribution in [0.2, 0.25) is 5.02 Å². The second-order valence-electron chi connectivity index (χ2n) is 7.71. The van der Waals surface area contributed by atoms with Crippen LogP contribution in [0.25, 0.3) is 0 Å². The van der Waals surface area contributed by atoms with Crippen LogP contribution in [0.5, 0.6) is 23.0 Å². The van der Waals surface area contributed by atoms with Crippen LogP contribution in [0.4, 0.5) is 0 Å². The van der Waals surface area contributed by atoms with Gasteiger partial charge in [-0.05, 0) is 24.3 Å². The number of hydrogen-bond donors (Lipinski definition) is 0. The minimum Gasteiger partial charge on any atom is -0.496 e. The highest BCUT2D eigenvalue weighted by Crippen LogP contribution is 2.44. The van der Waals surface area contributed by atoms with Gasteiger partial charge in [-0.15, -0.1) is 0 Å². The molecule has 0 radical (unpaired) electrons. The zero-order chi connectivity index (χ0) is 22.0. The van der Waals surface area contributed by atoms with Gasteiger partial charge < -0.3 is 23.8 Å². The SMILES string of the molecule is COc1cc(OC)c2c(c1)OC1(CCN(C(=O)COc3ccc(Cl)cc3)CC1)CC2=O. The number of carbonyl (C=O) groups is 2. The first kappa shape index (κ1) is 21.3. The summed E-state index contributed by atoms with van der Waals surface area (Å²) in [6, 6.07) is 10.3. The lowest BCUT2D eigenvalue weighted by Crippen LogP contribution is -2.53. The first-order valence-electron chi connectivity index (χ1n) is 10.1. The fourth-order valence-electron chi connectivity index (χ4n) is 4.06. The van der Waals surface area contributed by atoms with Gasteiger partial charge >= 0.3 is 0 Å². The van der Waals surface area contributed by atoms with E-state index in [1.54, 1.807) is 48.4 Å². The molecule has 1 saturated heterocycles. The van der Waals surface area contributed by atoms with E-state index in [0.29, 0.717) is 59.5 Å². The maximum Gasteiger partial charge on any atom is 0.260 e. The average molecular weight is 446 g/mol. The third-order valence-electron chi connectivity index (χ3n) is 5.79. The molecule has 1 fully saturated rings. The Morgan fingerprint density at radius 3 is 2.45 bits per heavy atom. The van der Waals surface area contributed by atoms with Gasteiger partial charge in [0.15, 0.2) is 12.4 Å². The third kappa shape index (κ3) is 4.42. The number of hydrogen-bond acceptors (Lipinski definition) is 6. The molecule has 0 atom stereocenters. The van der Waals surface area contributed by atoms with Gasteiger partial charge in [-0.1, -0.05) is 11.6 Å². The highest BCUT2D eigenvalue weighted by Gasteiger charge is 2.45. The van der Waals surface area contributed by atoms with E-state index in [9.17, 15) is 9.59 Å². The van der Waals surface area contributed by atoms with E-state index in [1.165, 1.54) is 7.11 Å². The molecular formula is C23H24ClNO6. The van der Waals surface area contributed by atoms with Gasteiger partial charge in [0.05, 0.1) is 20.6 Å². The highest BCUT2D eigenvalue weighted by atomic mass is 35.5. The summed E-state index contributed by atoms with van der Waals surface area (Å²) < 4.78 is 22.6. The number of Topliss-reactive ketones (excluding diaryl/α,β-unsaturated/α-hetero) is 1. The molecule has 7 nitrogen and oxygen atoms in total. The van der Waals surface area contributed by atoms with Gasteiger partial charge in [-0.3, -0.25) is 9.59 Å². The fraction of sp³-hybridized carbons (Fsp3) is 0.391. The molecule has 164 valence electrons. The molecule has 2 aliphatic rings. The number of fused-ring (bicyclic) bond motifs is 1. The van der Waals surface area contributed by atoms with Crippen LogP contribution < -0.4 is 18.9 Å². The summed E-state index contributed by atoms with van der Waals surface area (Å²) in [4.78, 5) is 27.2. The van der Waals surface area contributed by atoms with E-state index in [1.807, 2.05) is 0 Å². The Labute approximate surface area is 185 Å². The van der Waals surface area contributed by atoms with Crippen LogP contribution >= 0.6 is 11.6 Å². The Morgan fingerprint density at radius 2 is 1.81 bits per heavy atom. The normalized spacial score (nSPS) is 17.0. The Bertz CT molecular complexity index is 982. The second-order valence-corrected chi connectivity index (χ2v) is 8.15. The number of likely N-dealkylation sites (tertiary alicyclic amines) is 1. The number of halogens is 1. The molecule has 31 heavy (non-hydrogen) atoms. The second kappa shape index (κ2) is 8.67. The first-order chi connectivity index (χ1) is 14.9. The van der Waals surface area contributed by atoms with Crippen molar-refractivity contribution >= 4 is 23.3 Å². The van der Waals surface area contributed by atoms with Crippen molar-refractivity contribution in [2.45, 2.75) is 24.9 Å². The number of benzene rings is 2. The molecule has 2 aromatic rings. The van der Waals surface area contributed by atoms with E-state index in [2.05, 4.69) is 0 Å². The molecule has 1 amide bonds. The molecule has 0 aliphatic carbocycles. The van der Waals surface area contributed by atoms with Crippen LogP contribution in [-0.2, 0) is 4.79 Å². The number of carbonyl (C=O) groups excluding carboxylic acids is 2. The van der Waals surface area contributed by atoms with Crippen molar-refractivity contribution in [3.63, 3.8) is 0 Å². The van der Waals surface area contributed by atoms with Crippen LogP contribution in [0, 0.1) is 0 Å². The monoisotopic (exact) mass is 445 g/mol. The highest BCUT2D eigenvalue weighted by molar-refractivity contribution is 6.30. The molecule has 2 aromatic carbocycles. The molecule has 0 N–H and O–H groups in total. The van der Waals surface area contributed by atoms with Crippen LogP contribution in [0.3, 0.4) is 0 Å². The topological polar surface area (TPSA) is 74.3 Å². The summed E-state index contributed by atoms with van der Waals surface area (Å²) in [6.45, 7) is 0.935. The van der Waals surface area contributed by atoms with Gasteiger partial charge in [0.25, 0.3) is 5.91 Å². The van der Waals surface area contributed by atoms with Gasteiger partial charge in [0, 0.05) is 43.1 Å². The smallest absolute Gasteiger partial charge is 0.260 e. The summed E-state index contributed by atoms with van der Waals surface area (Å²) in [6.07, 6.45) is 1.38. The predicted octanol–water partition coefficient (Wildman–Crippen LogP) is 3.76. The quantitative estimate of drug-likeness (QED) is 0.697. The number of ether oxygens (including phenoxy) is 4. The first-order valence-corrected chi connectivity index (χ1v) is 10.5. The van der Waals surface area contributed by atoms with Crippen LogP contribution in [0.15, 0.2) is 36.4 Å². The van der Waals surface area contributed by atoms with Crippen molar-refractivity contribution < 1.29 is 28.5 Å². The van der Waals surface area contributed by atoms with E-state index in [0.717, 1.165) is 0 Å². The zero-order valence-electron chi connectivity index (χ0n) is 17.5. The minimum absolute atomic E-state index is 0.0217. The summed E-state index contributed by atoms with van der Waals surface area (Å²) >= 11 is 5.86. The van der Waals surface area contributed by atoms with E-state index in [4.69, 9.17) is 30.5 Å². The summed E-state index contributed by atoms with van der Waals surface area (Å²) in [5.41, 5.74) is -0.182. The molecule has 8 heteroatoms. The predicted molar refractivity (Wildman–Crippen MR) is 115 cm³/mol. The fourth-order valence-corrected chi connectivity index (χ4v) is 4.19. The molecule has 2 heterocycles. The minimum atomic E-state index is -0.630. The van der Waals surface area contributed by atoms with Crippen molar-refractivity contribution in [3.05, 3.63) is 47.0 Å². The number of methoxy groups -OCH3 is 2. The van der Waals surface area contributed by atoms with E-state index >= 15 is 0 Å².